The number of ether oxygens (including phenoxy) is 2. The monoisotopic (exact) mass is 242 g/mol. The average molecular weight is 243 g/mol. The van der Waals surface area contributed by atoms with Gasteiger partial charge in [0.05, 0.1) is 30.2 Å². The molecule has 0 amide bonds. The Labute approximate surface area is 99.9 Å². The second kappa shape index (κ2) is 5.08. The SMILES string of the molecule is COCCC1(c2nccc(CCl)n2)COC1. The highest BCUT2D eigenvalue weighted by molar-refractivity contribution is 6.16. The molecule has 4 nitrogen and oxygen atoms in total. The van der Waals surface area contributed by atoms with Gasteiger partial charge in [0.25, 0.3) is 0 Å². The van der Waals surface area contributed by atoms with Gasteiger partial charge in [0, 0.05) is 19.9 Å². The third-order valence-corrected chi connectivity index (χ3v) is 3.14. The molecule has 0 N–H and O–H groups in total. The van der Waals surface area contributed by atoms with Gasteiger partial charge in [0.2, 0.25) is 0 Å². The van der Waals surface area contributed by atoms with Crippen LogP contribution in [0.5, 0.6) is 0 Å². The summed E-state index contributed by atoms with van der Waals surface area (Å²) in [5.41, 5.74) is 0.785. The fraction of sp³-hybridized carbons (Fsp3) is 0.636. The van der Waals surface area contributed by atoms with Crippen LogP contribution in [0.2, 0.25) is 0 Å². The van der Waals surface area contributed by atoms with Crippen LogP contribution >= 0.6 is 11.6 Å². The fourth-order valence-corrected chi connectivity index (χ4v) is 1.91. The molecule has 1 aliphatic rings. The Balaban J connectivity index is 2.18. The number of alkyl halides is 1. The molecule has 1 aromatic heterocycles. The van der Waals surface area contributed by atoms with E-state index in [1.807, 2.05) is 6.07 Å². The normalized spacial score (nSPS) is 18.1. The lowest BCUT2D eigenvalue weighted by atomic mass is 9.81. The largest absolute Gasteiger partial charge is 0.385 e. The molecule has 0 aromatic carbocycles. The molecule has 0 saturated carbocycles. The van der Waals surface area contributed by atoms with Crippen molar-refractivity contribution in [3.05, 3.63) is 23.8 Å². The first-order chi connectivity index (χ1) is 7.80. The van der Waals surface area contributed by atoms with Crippen molar-refractivity contribution in [2.24, 2.45) is 0 Å². The Bertz CT molecular complexity index is 356. The molecule has 0 aliphatic carbocycles. The molecule has 88 valence electrons. The zero-order valence-corrected chi connectivity index (χ0v) is 10.0. The summed E-state index contributed by atoms with van der Waals surface area (Å²) in [6.45, 7) is 2.03. The van der Waals surface area contributed by atoms with Gasteiger partial charge in [-0.25, -0.2) is 9.97 Å². The number of halogens is 1. The summed E-state index contributed by atoms with van der Waals surface area (Å²) in [4.78, 5) is 8.79. The van der Waals surface area contributed by atoms with E-state index in [0.717, 1.165) is 17.9 Å². The van der Waals surface area contributed by atoms with E-state index in [1.165, 1.54) is 0 Å². The highest BCUT2D eigenvalue weighted by Gasteiger charge is 2.42. The van der Waals surface area contributed by atoms with E-state index in [2.05, 4.69) is 9.97 Å². The molecule has 1 aliphatic heterocycles. The highest BCUT2D eigenvalue weighted by Crippen LogP contribution is 2.33. The van der Waals surface area contributed by atoms with Gasteiger partial charge in [-0.05, 0) is 12.5 Å². The van der Waals surface area contributed by atoms with Crippen LogP contribution in [0, 0.1) is 0 Å². The summed E-state index contributed by atoms with van der Waals surface area (Å²) in [7, 11) is 1.70. The molecule has 0 spiro atoms. The molecule has 2 rings (SSSR count). The number of hydrogen-bond donors (Lipinski definition) is 0. The Morgan fingerprint density at radius 2 is 2.38 bits per heavy atom. The minimum atomic E-state index is -0.0714. The topological polar surface area (TPSA) is 44.2 Å². The van der Waals surface area contributed by atoms with Gasteiger partial charge in [-0.1, -0.05) is 0 Å². The lowest BCUT2D eigenvalue weighted by Gasteiger charge is -2.39. The number of rotatable bonds is 5. The zero-order chi connectivity index (χ0) is 11.4. The Kier molecular flexibility index (Phi) is 3.74. The van der Waals surface area contributed by atoms with Gasteiger partial charge in [-0.15, -0.1) is 11.6 Å². The van der Waals surface area contributed by atoms with E-state index in [4.69, 9.17) is 21.1 Å². The molecule has 1 aromatic rings. The summed E-state index contributed by atoms with van der Waals surface area (Å²) in [5.74, 6) is 1.24. The maximum Gasteiger partial charge on any atom is 0.139 e. The quantitative estimate of drug-likeness (QED) is 0.735. The van der Waals surface area contributed by atoms with E-state index in [9.17, 15) is 0 Å². The van der Waals surface area contributed by atoms with Crippen molar-refractivity contribution >= 4 is 11.6 Å². The number of hydrogen-bond acceptors (Lipinski definition) is 4. The molecule has 1 saturated heterocycles. The minimum Gasteiger partial charge on any atom is -0.385 e. The van der Waals surface area contributed by atoms with Gasteiger partial charge < -0.3 is 9.47 Å². The first-order valence-electron chi connectivity index (χ1n) is 5.26. The minimum absolute atomic E-state index is 0.0714. The van der Waals surface area contributed by atoms with Crippen LogP contribution in [0.3, 0.4) is 0 Å². The van der Waals surface area contributed by atoms with E-state index in [1.54, 1.807) is 13.3 Å². The van der Waals surface area contributed by atoms with E-state index >= 15 is 0 Å². The standard InChI is InChI=1S/C11H15ClN2O2/c1-15-5-3-11(7-16-8-11)10-13-4-2-9(6-12)14-10/h2,4H,3,5-8H2,1H3. The molecular formula is C11H15ClN2O2. The number of aromatic nitrogens is 2. The molecule has 1 fully saturated rings. The Morgan fingerprint density at radius 1 is 1.56 bits per heavy atom. The Hall–Kier alpha value is -0.710. The van der Waals surface area contributed by atoms with Crippen LogP contribution in [0.15, 0.2) is 12.3 Å². The molecule has 0 unspecified atom stereocenters. The van der Waals surface area contributed by atoms with Crippen LogP contribution < -0.4 is 0 Å². The maximum absolute atomic E-state index is 5.77. The van der Waals surface area contributed by atoms with Crippen molar-refractivity contribution < 1.29 is 9.47 Å². The van der Waals surface area contributed by atoms with Gasteiger partial charge in [0.1, 0.15) is 5.82 Å². The smallest absolute Gasteiger partial charge is 0.139 e. The summed E-state index contributed by atoms with van der Waals surface area (Å²) in [6.07, 6.45) is 2.64. The lowest BCUT2D eigenvalue weighted by Crippen LogP contribution is -2.48. The molecule has 0 bridgehead atoms. The van der Waals surface area contributed by atoms with Crippen molar-refractivity contribution in [1.82, 2.24) is 9.97 Å². The number of methoxy groups -OCH3 is 1. The van der Waals surface area contributed by atoms with Crippen LogP contribution in [0.1, 0.15) is 17.9 Å². The van der Waals surface area contributed by atoms with Crippen molar-refractivity contribution in [3.8, 4) is 0 Å². The van der Waals surface area contributed by atoms with Crippen molar-refractivity contribution in [2.45, 2.75) is 17.7 Å². The predicted molar refractivity (Wildman–Crippen MR) is 60.6 cm³/mol. The summed E-state index contributed by atoms with van der Waals surface area (Å²) in [5, 5.41) is 0. The number of nitrogens with zero attached hydrogens (tertiary/aromatic N) is 2. The summed E-state index contributed by atoms with van der Waals surface area (Å²) >= 11 is 5.77. The van der Waals surface area contributed by atoms with E-state index in [-0.39, 0.29) is 5.41 Å². The Morgan fingerprint density at radius 3 is 2.94 bits per heavy atom. The van der Waals surface area contributed by atoms with Gasteiger partial charge in [0.15, 0.2) is 0 Å². The van der Waals surface area contributed by atoms with Crippen LogP contribution in [0.4, 0.5) is 0 Å². The highest BCUT2D eigenvalue weighted by atomic mass is 35.5. The van der Waals surface area contributed by atoms with Crippen molar-refractivity contribution in [1.29, 1.82) is 0 Å². The molecule has 2 heterocycles. The third kappa shape index (κ3) is 2.19. The van der Waals surface area contributed by atoms with E-state index < -0.39 is 0 Å². The van der Waals surface area contributed by atoms with Crippen LogP contribution in [0.25, 0.3) is 0 Å². The maximum atomic E-state index is 5.77. The van der Waals surface area contributed by atoms with Gasteiger partial charge in [-0.2, -0.15) is 0 Å². The molecule has 0 radical (unpaired) electrons. The van der Waals surface area contributed by atoms with Crippen molar-refractivity contribution in [3.63, 3.8) is 0 Å². The first kappa shape index (κ1) is 11.8. The second-order valence-corrected chi connectivity index (χ2v) is 4.29. The van der Waals surface area contributed by atoms with Gasteiger partial charge >= 0.3 is 0 Å². The van der Waals surface area contributed by atoms with Crippen molar-refractivity contribution in [2.75, 3.05) is 26.9 Å². The molecular weight excluding hydrogens is 228 g/mol. The summed E-state index contributed by atoms with van der Waals surface area (Å²) < 4.78 is 10.4. The van der Waals surface area contributed by atoms with Crippen LogP contribution in [-0.4, -0.2) is 36.9 Å². The fourth-order valence-electron chi connectivity index (χ4n) is 1.76. The zero-order valence-electron chi connectivity index (χ0n) is 9.28. The lowest BCUT2D eigenvalue weighted by molar-refractivity contribution is -0.0766. The molecule has 0 atom stereocenters. The van der Waals surface area contributed by atoms with Gasteiger partial charge in [-0.3, -0.25) is 0 Å². The predicted octanol–water partition coefficient (Wildman–Crippen LogP) is 1.52. The third-order valence-electron chi connectivity index (χ3n) is 2.87. The molecule has 16 heavy (non-hydrogen) atoms. The van der Waals surface area contributed by atoms with Crippen LogP contribution in [-0.2, 0) is 20.8 Å². The van der Waals surface area contributed by atoms with E-state index in [0.29, 0.717) is 25.7 Å². The molecule has 5 heteroatoms. The summed E-state index contributed by atoms with van der Waals surface area (Å²) in [6, 6.07) is 1.83. The average Bonchev–Trinajstić information content (AvgIpc) is 2.28. The first-order valence-corrected chi connectivity index (χ1v) is 5.79. The second-order valence-electron chi connectivity index (χ2n) is 4.02.